The van der Waals surface area contributed by atoms with Crippen LogP contribution in [0.15, 0.2) is 42.5 Å². The SMILES string of the molecule is CCOc1ccc(OCC[NH+](C)CC(=O)Nc2cc(Cl)ccc2OC)cc1. The minimum Gasteiger partial charge on any atom is -0.495 e. The van der Waals surface area contributed by atoms with Crippen LogP contribution in [0.3, 0.4) is 0 Å². The van der Waals surface area contributed by atoms with Crippen molar-refractivity contribution in [1.29, 1.82) is 0 Å². The Hall–Kier alpha value is -2.44. The third-order valence-electron chi connectivity index (χ3n) is 3.83. The Balaban J connectivity index is 1.75. The molecule has 0 spiro atoms. The van der Waals surface area contributed by atoms with Crippen LogP contribution in [0.4, 0.5) is 5.69 Å². The van der Waals surface area contributed by atoms with Gasteiger partial charge in [-0.15, -0.1) is 0 Å². The molecule has 0 fully saturated rings. The van der Waals surface area contributed by atoms with Gasteiger partial charge >= 0.3 is 0 Å². The number of hydrogen-bond acceptors (Lipinski definition) is 4. The van der Waals surface area contributed by atoms with E-state index in [1.165, 1.54) is 0 Å². The monoisotopic (exact) mass is 393 g/mol. The molecule has 0 saturated heterocycles. The Morgan fingerprint density at radius 2 is 1.78 bits per heavy atom. The summed E-state index contributed by atoms with van der Waals surface area (Å²) in [6.45, 7) is 4.09. The standard InChI is InChI=1S/C20H25ClN2O4/c1-4-26-16-6-8-17(9-7-16)27-12-11-23(2)14-20(24)22-18-13-15(21)5-10-19(18)25-3/h5-10,13H,4,11-12,14H2,1-3H3,(H,22,24)/p+1. The Morgan fingerprint density at radius 3 is 2.41 bits per heavy atom. The van der Waals surface area contributed by atoms with Gasteiger partial charge in [0.1, 0.15) is 30.4 Å². The van der Waals surface area contributed by atoms with E-state index in [-0.39, 0.29) is 5.91 Å². The molecule has 1 unspecified atom stereocenters. The van der Waals surface area contributed by atoms with Gasteiger partial charge in [0, 0.05) is 5.02 Å². The summed E-state index contributed by atoms with van der Waals surface area (Å²) in [7, 11) is 3.49. The van der Waals surface area contributed by atoms with Crippen molar-refractivity contribution >= 4 is 23.2 Å². The first-order valence-electron chi connectivity index (χ1n) is 8.82. The van der Waals surface area contributed by atoms with E-state index in [0.29, 0.717) is 42.8 Å². The van der Waals surface area contributed by atoms with Crippen LogP contribution in [0.25, 0.3) is 0 Å². The number of likely N-dealkylation sites (N-methyl/N-ethyl adjacent to an activating group) is 1. The Kier molecular flexibility index (Phi) is 8.23. The molecule has 0 saturated carbocycles. The van der Waals surface area contributed by atoms with Crippen molar-refractivity contribution in [3.8, 4) is 17.2 Å². The summed E-state index contributed by atoms with van der Waals surface area (Å²) in [6.07, 6.45) is 0. The molecule has 7 heteroatoms. The van der Waals surface area contributed by atoms with E-state index in [4.69, 9.17) is 25.8 Å². The second kappa shape index (κ2) is 10.6. The van der Waals surface area contributed by atoms with Gasteiger partial charge in [-0.2, -0.15) is 0 Å². The molecule has 0 heterocycles. The summed E-state index contributed by atoms with van der Waals surface area (Å²) < 4.78 is 16.3. The van der Waals surface area contributed by atoms with E-state index in [0.717, 1.165) is 16.4 Å². The number of carbonyl (C=O) groups is 1. The van der Waals surface area contributed by atoms with Crippen LogP contribution < -0.4 is 24.4 Å². The Bertz CT molecular complexity index is 737. The molecule has 0 aromatic heterocycles. The molecule has 1 atom stereocenters. The fourth-order valence-electron chi connectivity index (χ4n) is 2.48. The topological polar surface area (TPSA) is 61.2 Å². The zero-order valence-electron chi connectivity index (χ0n) is 15.9. The molecule has 27 heavy (non-hydrogen) atoms. The lowest BCUT2D eigenvalue weighted by Gasteiger charge is -2.15. The molecule has 0 aliphatic rings. The third kappa shape index (κ3) is 7.00. The summed E-state index contributed by atoms with van der Waals surface area (Å²) in [5.41, 5.74) is 0.563. The summed E-state index contributed by atoms with van der Waals surface area (Å²) in [5.74, 6) is 2.05. The van der Waals surface area contributed by atoms with Gasteiger partial charge in [-0.3, -0.25) is 4.79 Å². The van der Waals surface area contributed by atoms with Gasteiger partial charge in [0.2, 0.25) is 0 Å². The second-order valence-electron chi connectivity index (χ2n) is 6.03. The number of ether oxygens (including phenoxy) is 3. The zero-order valence-corrected chi connectivity index (χ0v) is 16.6. The number of halogens is 1. The Morgan fingerprint density at radius 1 is 1.11 bits per heavy atom. The van der Waals surface area contributed by atoms with Crippen molar-refractivity contribution in [2.24, 2.45) is 0 Å². The number of methoxy groups -OCH3 is 1. The number of quaternary nitrogens is 1. The summed E-state index contributed by atoms with van der Waals surface area (Å²) in [5, 5.41) is 3.37. The average molecular weight is 394 g/mol. The fraction of sp³-hybridized carbons (Fsp3) is 0.350. The molecule has 0 radical (unpaired) electrons. The molecule has 6 nitrogen and oxygen atoms in total. The molecule has 0 bridgehead atoms. The number of hydrogen-bond donors (Lipinski definition) is 2. The molecule has 2 rings (SSSR count). The number of carbonyl (C=O) groups excluding carboxylic acids is 1. The van der Waals surface area contributed by atoms with Gasteiger partial charge in [-0.1, -0.05) is 11.6 Å². The highest BCUT2D eigenvalue weighted by atomic mass is 35.5. The first-order valence-corrected chi connectivity index (χ1v) is 9.20. The van der Waals surface area contributed by atoms with Crippen molar-refractivity contribution in [2.45, 2.75) is 6.92 Å². The highest BCUT2D eigenvalue weighted by molar-refractivity contribution is 6.31. The molecule has 0 aliphatic carbocycles. The van der Waals surface area contributed by atoms with Crippen LogP contribution in [-0.4, -0.2) is 46.4 Å². The summed E-state index contributed by atoms with van der Waals surface area (Å²) in [4.78, 5) is 13.3. The van der Waals surface area contributed by atoms with E-state index in [2.05, 4.69) is 5.32 Å². The van der Waals surface area contributed by atoms with Crippen LogP contribution in [0.5, 0.6) is 17.2 Å². The molecule has 2 N–H and O–H groups in total. The van der Waals surface area contributed by atoms with E-state index in [1.807, 2.05) is 38.2 Å². The molecule has 146 valence electrons. The maximum Gasteiger partial charge on any atom is 0.279 e. The number of benzene rings is 2. The summed E-state index contributed by atoms with van der Waals surface area (Å²) in [6, 6.07) is 12.6. The van der Waals surface area contributed by atoms with E-state index in [1.54, 1.807) is 25.3 Å². The van der Waals surface area contributed by atoms with Crippen molar-refractivity contribution in [2.75, 3.05) is 45.8 Å². The average Bonchev–Trinajstić information content (AvgIpc) is 2.63. The van der Waals surface area contributed by atoms with Crippen molar-refractivity contribution in [1.82, 2.24) is 0 Å². The highest BCUT2D eigenvalue weighted by Gasteiger charge is 2.13. The van der Waals surface area contributed by atoms with Gasteiger partial charge in [0.25, 0.3) is 5.91 Å². The van der Waals surface area contributed by atoms with Crippen LogP contribution in [0.2, 0.25) is 5.02 Å². The molecular weight excluding hydrogens is 368 g/mol. The minimum atomic E-state index is -0.117. The van der Waals surface area contributed by atoms with Crippen molar-refractivity contribution in [3.05, 3.63) is 47.5 Å². The predicted molar refractivity (Wildman–Crippen MR) is 106 cm³/mol. The van der Waals surface area contributed by atoms with Gasteiger partial charge in [-0.05, 0) is 49.4 Å². The van der Waals surface area contributed by atoms with Crippen LogP contribution in [-0.2, 0) is 4.79 Å². The molecular formula is C20H26ClN2O4+. The number of amides is 1. The van der Waals surface area contributed by atoms with Crippen LogP contribution >= 0.6 is 11.6 Å². The maximum atomic E-state index is 12.2. The highest BCUT2D eigenvalue weighted by Crippen LogP contribution is 2.27. The molecule has 1 amide bonds. The lowest BCUT2D eigenvalue weighted by Crippen LogP contribution is -3.10. The smallest absolute Gasteiger partial charge is 0.279 e. The first kappa shape index (κ1) is 20.9. The number of anilines is 1. The van der Waals surface area contributed by atoms with Gasteiger partial charge < -0.3 is 24.4 Å². The quantitative estimate of drug-likeness (QED) is 0.650. The summed E-state index contributed by atoms with van der Waals surface area (Å²) >= 11 is 5.98. The number of nitrogens with one attached hydrogen (secondary N) is 2. The second-order valence-corrected chi connectivity index (χ2v) is 6.47. The Labute approximate surface area is 165 Å². The van der Waals surface area contributed by atoms with E-state index in [9.17, 15) is 4.79 Å². The molecule has 2 aromatic rings. The van der Waals surface area contributed by atoms with Crippen LogP contribution in [0, 0.1) is 0 Å². The fourth-order valence-corrected chi connectivity index (χ4v) is 2.65. The lowest BCUT2D eigenvalue weighted by molar-refractivity contribution is -0.871. The first-order chi connectivity index (χ1) is 13.0. The van der Waals surface area contributed by atoms with Gasteiger partial charge in [-0.25, -0.2) is 0 Å². The van der Waals surface area contributed by atoms with Crippen molar-refractivity contribution < 1.29 is 23.9 Å². The molecule has 2 aromatic carbocycles. The van der Waals surface area contributed by atoms with E-state index < -0.39 is 0 Å². The van der Waals surface area contributed by atoms with Crippen LogP contribution in [0.1, 0.15) is 6.92 Å². The maximum absolute atomic E-state index is 12.2. The molecule has 0 aliphatic heterocycles. The van der Waals surface area contributed by atoms with E-state index >= 15 is 0 Å². The number of rotatable bonds is 10. The largest absolute Gasteiger partial charge is 0.495 e. The van der Waals surface area contributed by atoms with Crippen molar-refractivity contribution in [3.63, 3.8) is 0 Å². The normalized spacial score (nSPS) is 11.6. The van der Waals surface area contributed by atoms with Gasteiger partial charge in [0.05, 0.1) is 26.5 Å². The van der Waals surface area contributed by atoms with Gasteiger partial charge in [0.15, 0.2) is 6.54 Å². The lowest BCUT2D eigenvalue weighted by atomic mass is 10.3. The minimum absolute atomic E-state index is 0.117. The zero-order chi connectivity index (χ0) is 19.6. The predicted octanol–water partition coefficient (Wildman–Crippen LogP) is 2.28. The third-order valence-corrected chi connectivity index (χ3v) is 4.07.